The molecule has 1 amide bonds. The molecule has 3 N–H and O–H groups in total. The molecule has 5 heteroatoms. The first-order chi connectivity index (χ1) is 7.13. The largest absolute Gasteiger partial charge is 0.452 e. The van der Waals surface area contributed by atoms with Gasteiger partial charge in [-0.25, -0.2) is 4.79 Å². The highest BCUT2D eigenvalue weighted by molar-refractivity contribution is 5.91. The van der Waals surface area contributed by atoms with Crippen molar-refractivity contribution < 1.29 is 19.4 Å². The fourth-order valence-electron chi connectivity index (χ4n) is 0.966. The number of esters is 1. The maximum Gasteiger partial charge on any atom is 0.338 e. The van der Waals surface area contributed by atoms with Gasteiger partial charge in [0.1, 0.15) is 0 Å². The molecule has 1 aromatic carbocycles. The van der Waals surface area contributed by atoms with Crippen molar-refractivity contribution >= 4 is 11.9 Å². The van der Waals surface area contributed by atoms with E-state index in [4.69, 9.17) is 10.8 Å². The molecule has 0 aliphatic carbocycles. The molecule has 0 aliphatic heterocycles. The van der Waals surface area contributed by atoms with Gasteiger partial charge in [-0.3, -0.25) is 4.79 Å². The summed E-state index contributed by atoms with van der Waals surface area (Å²) in [6, 6.07) is 6.21. The third-order valence-electron chi connectivity index (χ3n) is 1.72. The van der Waals surface area contributed by atoms with Crippen LogP contribution in [0.5, 0.6) is 0 Å². The van der Waals surface area contributed by atoms with E-state index in [-0.39, 0.29) is 6.61 Å². The molecule has 5 nitrogen and oxygen atoms in total. The van der Waals surface area contributed by atoms with E-state index in [1.54, 1.807) is 12.1 Å². The Kier molecular flexibility index (Phi) is 3.82. The van der Waals surface area contributed by atoms with E-state index < -0.39 is 18.5 Å². The van der Waals surface area contributed by atoms with Gasteiger partial charge in [-0.2, -0.15) is 0 Å². The number of primary amides is 1. The molecular formula is C10H11NO4. The van der Waals surface area contributed by atoms with E-state index >= 15 is 0 Å². The van der Waals surface area contributed by atoms with Crippen LogP contribution in [-0.2, 0) is 16.1 Å². The van der Waals surface area contributed by atoms with Gasteiger partial charge in [0.15, 0.2) is 6.61 Å². The first-order valence-electron chi connectivity index (χ1n) is 4.28. The quantitative estimate of drug-likeness (QED) is 0.673. The number of hydrogen-bond acceptors (Lipinski definition) is 4. The van der Waals surface area contributed by atoms with Gasteiger partial charge >= 0.3 is 5.97 Å². The van der Waals surface area contributed by atoms with Crippen LogP contribution in [0.25, 0.3) is 0 Å². The van der Waals surface area contributed by atoms with Crippen LogP contribution in [0.3, 0.4) is 0 Å². The van der Waals surface area contributed by atoms with Crippen molar-refractivity contribution in [1.82, 2.24) is 0 Å². The number of hydrogen-bond donors (Lipinski definition) is 2. The lowest BCUT2D eigenvalue weighted by Crippen LogP contribution is -2.20. The fourth-order valence-corrected chi connectivity index (χ4v) is 0.966. The van der Waals surface area contributed by atoms with Crippen LogP contribution in [0.2, 0.25) is 0 Å². The number of aliphatic hydroxyl groups excluding tert-OH is 1. The maximum absolute atomic E-state index is 11.3. The Labute approximate surface area is 86.5 Å². The molecule has 0 unspecified atom stereocenters. The van der Waals surface area contributed by atoms with Crippen molar-refractivity contribution in [2.75, 3.05) is 6.61 Å². The second-order valence-electron chi connectivity index (χ2n) is 2.90. The summed E-state index contributed by atoms with van der Waals surface area (Å²) in [6.07, 6.45) is 0. The van der Waals surface area contributed by atoms with Crippen molar-refractivity contribution in [3.63, 3.8) is 0 Å². The first-order valence-corrected chi connectivity index (χ1v) is 4.28. The van der Waals surface area contributed by atoms with E-state index in [1.807, 2.05) is 0 Å². The van der Waals surface area contributed by atoms with Crippen molar-refractivity contribution in [2.45, 2.75) is 6.61 Å². The molecule has 15 heavy (non-hydrogen) atoms. The van der Waals surface area contributed by atoms with Crippen LogP contribution in [0.4, 0.5) is 0 Å². The summed E-state index contributed by atoms with van der Waals surface area (Å²) in [7, 11) is 0. The van der Waals surface area contributed by atoms with Crippen LogP contribution in [0.1, 0.15) is 15.9 Å². The number of benzene rings is 1. The predicted octanol–water partition coefficient (Wildman–Crippen LogP) is -0.179. The van der Waals surface area contributed by atoms with Gasteiger partial charge in [0.25, 0.3) is 5.91 Å². The summed E-state index contributed by atoms with van der Waals surface area (Å²) in [4.78, 5) is 21.6. The zero-order valence-corrected chi connectivity index (χ0v) is 7.97. The van der Waals surface area contributed by atoms with E-state index in [2.05, 4.69) is 4.74 Å². The van der Waals surface area contributed by atoms with Gasteiger partial charge in [0.05, 0.1) is 12.2 Å². The number of ether oxygens (including phenoxy) is 1. The van der Waals surface area contributed by atoms with Gasteiger partial charge < -0.3 is 15.6 Å². The summed E-state index contributed by atoms with van der Waals surface area (Å²) < 4.78 is 4.59. The van der Waals surface area contributed by atoms with Gasteiger partial charge in [0, 0.05) is 0 Å². The third kappa shape index (κ3) is 3.40. The minimum Gasteiger partial charge on any atom is -0.452 e. The van der Waals surface area contributed by atoms with Crippen LogP contribution < -0.4 is 5.73 Å². The Balaban J connectivity index is 2.62. The molecule has 0 aliphatic rings. The lowest BCUT2D eigenvalue weighted by atomic mass is 10.1. The molecular weight excluding hydrogens is 198 g/mol. The van der Waals surface area contributed by atoms with Crippen molar-refractivity contribution in [2.24, 2.45) is 5.73 Å². The molecule has 80 valence electrons. The van der Waals surface area contributed by atoms with E-state index in [0.717, 1.165) is 0 Å². The highest BCUT2D eigenvalue weighted by Gasteiger charge is 2.07. The highest BCUT2D eigenvalue weighted by Crippen LogP contribution is 2.05. The van der Waals surface area contributed by atoms with Gasteiger partial charge in [0.2, 0.25) is 0 Å². The number of aliphatic hydroxyl groups is 1. The third-order valence-corrected chi connectivity index (χ3v) is 1.72. The van der Waals surface area contributed by atoms with Crippen molar-refractivity contribution in [1.29, 1.82) is 0 Å². The second kappa shape index (κ2) is 5.11. The SMILES string of the molecule is NC(=O)COC(=O)c1ccc(CO)cc1. The molecule has 0 saturated carbocycles. The molecule has 0 aromatic heterocycles. The molecule has 0 atom stereocenters. The molecule has 1 rings (SSSR count). The maximum atomic E-state index is 11.3. The fraction of sp³-hybridized carbons (Fsp3) is 0.200. The lowest BCUT2D eigenvalue weighted by molar-refractivity contribution is -0.121. The summed E-state index contributed by atoms with van der Waals surface area (Å²) >= 11 is 0. The smallest absolute Gasteiger partial charge is 0.338 e. The Bertz CT molecular complexity index is 358. The summed E-state index contributed by atoms with van der Waals surface area (Å²) in [5.41, 5.74) is 5.82. The van der Waals surface area contributed by atoms with Crippen LogP contribution in [-0.4, -0.2) is 23.6 Å². The number of amides is 1. The van der Waals surface area contributed by atoms with E-state index in [9.17, 15) is 9.59 Å². The Hall–Kier alpha value is -1.88. The van der Waals surface area contributed by atoms with Crippen molar-refractivity contribution in [3.8, 4) is 0 Å². The Morgan fingerprint density at radius 1 is 1.27 bits per heavy atom. The summed E-state index contributed by atoms with van der Waals surface area (Å²) in [5, 5.41) is 8.77. The Morgan fingerprint density at radius 2 is 1.87 bits per heavy atom. The lowest BCUT2D eigenvalue weighted by Gasteiger charge is -2.02. The van der Waals surface area contributed by atoms with Crippen molar-refractivity contribution in [3.05, 3.63) is 35.4 Å². The minimum atomic E-state index is -0.699. The zero-order valence-electron chi connectivity index (χ0n) is 7.97. The zero-order chi connectivity index (χ0) is 11.3. The molecule has 0 heterocycles. The second-order valence-corrected chi connectivity index (χ2v) is 2.90. The standard InChI is InChI=1S/C10H11NO4/c11-9(13)6-15-10(14)8-3-1-7(5-12)2-4-8/h1-4,12H,5-6H2,(H2,11,13). The predicted molar refractivity (Wildman–Crippen MR) is 51.8 cm³/mol. The Morgan fingerprint density at radius 3 is 2.33 bits per heavy atom. The van der Waals surface area contributed by atoms with Crippen LogP contribution in [0.15, 0.2) is 24.3 Å². The van der Waals surface area contributed by atoms with Gasteiger partial charge in [-0.1, -0.05) is 12.1 Å². The van der Waals surface area contributed by atoms with Crippen LogP contribution >= 0.6 is 0 Å². The van der Waals surface area contributed by atoms with Crippen LogP contribution in [0, 0.1) is 0 Å². The molecule has 0 bridgehead atoms. The summed E-state index contributed by atoms with van der Waals surface area (Å²) in [6.45, 7) is -0.517. The molecule has 0 saturated heterocycles. The normalized spacial score (nSPS) is 9.67. The molecule has 1 aromatic rings. The molecule has 0 radical (unpaired) electrons. The molecule has 0 fully saturated rings. The average molecular weight is 209 g/mol. The van der Waals surface area contributed by atoms with E-state index in [0.29, 0.717) is 11.1 Å². The summed E-state index contributed by atoms with van der Waals surface area (Å²) in [5.74, 6) is -1.31. The monoisotopic (exact) mass is 209 g/mol. The molecule has 0 spiro atoms. The van der Waals surface area contributed by atoms with Gasteiger partial charge in [-0.05, 0) is 17.7 Å². The highest BCUT2D eigenvalue weighted by atomic mass is 16.5. The first kappa shape index (κ1) is 11.2. The minimum absolute atomic E-state index is 0.0867. The average Bonchev–Trinajstić information content (AvgIpc) is 2.26. The van der Waals surface area contributed by atoms with Gasteiger partial charge in [-0.15, -0.1) is 0 Å². The number of carbonyl (C=O) groups excluding carboxylic acids is 2. The number of carbonyl (C=O) groups is 2. The topological polar surface area (TPSA) is 89.6 Å². The number of nitrogens with two attached hydrogens (primary N) is 1. The number of rotatable bonds is 4. The van der Waals surface area contributed by atoms with E-state index in [1.165, 1.54) is 12.1 Å².